The first-order valence-corrected chi connectivity index (χ1v) is 6.06. The highest BCUT2D eigenvalue weighted by atomic mass is 19.1. The first-order chi connectivity index (χ1) is 9.99. The molecule has 0 amide bonds. The quantitative estimate of drug-likeness (QED) is 0.637. The fourth-order valence-electron chi connectivity index (χ4n) is 1.96. The minimum atomic E-state index is -0.689. The van der Waals surface area contributed by atoms with E-state index in [1.54, 1.807) is 12.1 Å². The summed E-state index contributed by atoms with van der Waals surface area (Å²) < 4.78 is 15.9. The molecule has 7 nitrogen and oxygen atoms in total. The van der Waals surface area contributed by atoms with Gasteiger partial charge in [-0.1, -0.05) is 12.1 Å². The summed E-state index contributed by atoms with van der Waals surface area (Å²) in [5.74, 6) is -0.383. The standard InChI is InChI=1S/C13H10FN5O2/c1-18-12(20)9-11(16-13(18)21)19(2)17-10(15-9)7-5-3-4-6-8(7)14/h3-6H,1-2H3. The zero-order valence-corrected chi connectivity index (χ0v) is 11.2. The van der Waals surface area contributed by atoms with Gasteiger partial charge in [-0.25, -0.2) is 18.9 Å². The average Bonchev–Trinajstić information content (AvgIpc) is 2.46. The lowest BCUT2D eigenvalue weighted by atomic mass is 10.2. The van der Waals surface area contributed by atoms with Crippen molar-refractivity contribution < 1.29 is 4.39 Å². The second-order valence-electron chi connectivity index (χ2n) is 4.47. The third-order valence-electron chi connectivity index (χ3n) is 3.09. The van der Waals surface area contributed by atoms with Crippen molar-refractivity contribution in [3.05, 3.63) is 50.9 Å². The van der Waals surface area contributed by atoms with Crippen molar-refractivity contribution >= 4 is 0 Å². The number of hydrogen-bond donors (Lipinski definition) is 0. The Hall–Kier alpha value is -2.90. The van der Waals surface area contributed by atoms with E-state index in [0.29, 0.717) is 0 Å². The number of aryl methyl sites for hydroxylation is 1. The normalized spacial score (nSPS) is 11.0. The fraction of sp³-hybridized carbons (Fsp3) is 0.154. The summed E-state index contributed by atoms with van der Waals surface area (Å²) in [5.41, 5.74) is -1.15. The number of fused-ring (bicyclic) bond motifs is 1. The van der Waals surface area contributed by atoms with Crippen molar-refractivity contribution in [2.75, 3.05) is 0 Å². The minimum Gasteiger partial charge on any atom is -0.267 e. The van der Waals surface area contributed by atoms with Crippen molar-refractivity contribution in [2.45, 2.75) is 0 Å². The fourth-order valence-corrected chi connectivity index (χ4v) is 1.96. The summed E-state index contributed by atoms with van der Waals surface area (Å²) in [6.45, 7) is 0. The van der Waals surface area contributed by atoms with Crippen LogP contribution in [0.4, 0.5) is 4.39 Å². The van der Waals surface area contributed by atoms with Crippen LogP contribution in [-0.2, 0) is 14.1 Å². The maximum Gasteiger partial charge on any atom is 0.352 e. The van der Waals surface area contributed by atoms with Crippen LogP contribution >= 0.6 is 0 Å². The van der Waals surface area contributed by atoms with E-state index in [9.17, 15) is 14.0 Å². The SMILES string of the molecule is Cn1nc(-c2ccccc2F)nc2c(=O)n(C)c(=O)nc1-2. The summed E-state index contributed by atoms with van der Waals surface area (Å²) in [6, 6.07) is 5.98. The molecular formula is C13H10FN5O2. The van der Waals surface area contributed by atoms with Crippen LogP contribution in [0.2, 0.25) is 0 Å². The first-order valence-electron chi connectivity index (χ1n) is 6.06. The van der Waals surface area contributed by atoms with E-state index in [2.05, 4.69) is 15.1 Å². The van der Waals surface area contributed by atoms with Gasteiger partial charge in [0.1, 0.15) is 5.82 Å². The van der Waals surface area contributed by atoms with Crippen molar-refractivity contribution in [1.29, 1.82) is 0 Å². The molecule has 0 saturated carbocycles. The van der Waals surface area contributed by atoms with Gasteiger partial charge in [0, 0.05) is 14.1 Å². The van der Waals surface area contributed by atoms with Crippen LogP contribution in [0, 0.1) is 5.82 Å². The Balaban J connectivity index is 2.40. The number of halogens is 1. The second-order valence-corrected chi connectivity index (χ2v) is 4.47. The molecule has 0 unspecified atom stereocenters. The van der Waals surface area contributed by atoms with Crippen LogP contribution < -0.4 is 11.2 Å². The van der Waals surface area contributed by atoms with Crippen LogP contribution in [0.25, 0.3) is 22.9 Å². The lowest BCUT2D eigenvalue weighted by Gasteiger charge is -2.11. The third kappa shape index (κ3) is 2.00. The summed E-state index contributed by atoms with van der Waals surface area (Å²) in [7, 11) is 2.82. The van der Waals surface area contributed by atoms with Gasteiger partial charge in [0.15, 0.2) is 17.3 Å². The molecule has 106 valence electrons. The van der Waals surface area contributed by atoms with Gasteiger partial charge < -0.3 is 0 Å². The Morgan fingerprint density at radius 1 is 1.10 bits per heavy atom. The van der Waals surface area contributed by atoms with E-state index in [1.807, 2.05) is 0 Å². The smallest absolute Gasteiger partial charge is 0.267 e. The molecule has 8 heteroatoms. The number of nitrogens with zero attached hydrogens (tertiary/aromatic N) is 5. The molecule has 1 aromatic rings. The molecular weight excluding hydrogens is 277 g/mol. The summed E-state index contributed by atoms with van der Waals surface area (Å²) in [4.78, 5) is 31.4. The van der Waals surface area contributed by atoms with Gasteiger partial charge in [0.05, 0.1) is 5.56 Å². The molecule has 21 heavy (non-hydrogen) atoms. The Morgan fingerprint density at radius 2 is 1.81 bits per heavy atom. The van der Waals surface area contributed by atoms with Gasteiger partial charge in [-0.2, -0.15) is 10.1 Å². The molecule has 2 aliphatic rings. The Bertz CT molecular complexity index is 931. The summed E-state index contributed by atoms with van der Waals surface area (Å²) >= 11 is 0. The molecule has 0 atom stereocenters. The van der Waals surface area contributed by atoms with Gasteiger partial charge in [0.25, 0.3) is 5.56 Å². The van der Waals surface area contributed by atoms with E-state index in [-0.39, 0.29) is 22.9 Å². The monoisotopic (exact) mass is 287 g/mol. The van der Waals surface area contributed by atoms with Gasteiger partial charge in [-0.05, 0) is 12.1 Å². The molecule has 0 saturated heterocycles. The molecule has 2 heterocycles. The maximum atomic E-state index is 13.8. The van der Waals surface area contributed by atoms with Crippen molar-refractivity contribution in [3.8, 4) is 22.9 Å². The van der Waals surface area contributed by atoms with Crippen LogP contribution in [0.5, 0.6) is 0 Å². The van der Waals surface area contributed by atoms with Crippen molar-refractivity contribution in [2.24, 2.45) is 14.1 Å². The van der Waals surface area contributed by atoms with Crippen LogP contribution in [-0.4, -0.2) is 24.3 Å². The lowest BCUT2D eigenvalue weighted by Crippen LogP contribution is -2.36. The van der Waals surface area contributed by atoms with Gasteiger partial charge in [-0.15, -0.1) is 0 Å². The third-order valence-corrected chi connectivity index (χ3v) is 3.09. The van der Waals surface area contributed by atoms with Gasteiger partial charge in [0.2, 0.25) is 0 Å². The van der Waals surface area contributed by atoms with Crippen LogP contribution in [0.15, 0.2) is 33.9 Å². The molecule has 0 spiro atoms. The predicted molar refractivity (Wildman–Crippen MR) is 72.3 cm³/mol. The molecule has 1 aromatic carbocycles. The van der Waals surface area contributed by atoms with Crippen molar-refractivity contribution in [1.82, 2.24) is 24.3 Å². The van der Waals surface area contributed by atoms with Crippen molar-refractivity contribution in [3.63, 3.8) is 0 Å². The van der Waals surface area contributed by atoms with E-state index in [0.717, 1.165) is 4.57 Å². The molecule has 0 bridgehead atoms. The van der Waals surface area contributed by atoms with Gasteiger partial charge in [-0.3, -0.25) is 9.36 Å². The highest BCUT2D eigenvalue weighted by Crippen LogP contribution is 2.20. The zero-order chi connectivity index (χ0) is 15.1. The Labute approximate surface area is 117 Å². The second kappa shape index (κ2) is 4.58. The highest BCUT2D eigenvalue weighted by Gasteiger charge is 2.20. The largest absolute Gasteiger partial charge is 0.352 e. The first kappa shape index (κ1) is 13.1. The Kier molecular flexibility index (Phi) is 2.86. The van der Waals surface area contributed by atoms with Crippen LogP contribution in [0.3, 0.4) is 0 Å². The molecule has 0 aromatic heterocycles. The summed E-state index contributed by atoms with van der Waals surface area (Å²) in [5, 5.41) is 4.06. The number of aromatic nitrogens is 5. The van der Waals surface area contributed by atoms with Crippen LogP contribution in [0.1, 0.15) is 0 Å². The van der Waals surface area contributed by atoms with Gasteiger partial charge >= 0.3 is 5.69 Å². The molecule has 0 aliphatic carbocycles. The lowest BCUT2D eigenvalue weighted by molar-refractivity contribution is 0.625. The summed E-state index contributed by atoms with van der Waals surface area (Å²) in [6.07, 6.45) is 0. The van der Waals surface area contributed by atoms with E-state index in [4.69, 9.17) is 0 Å². The number of rotatable bonds is 1. The molecule has 2 aliphatic heterocycles. The Morgan fingerprint density at radius 3 is 2.52 bits per heavy atom. The zero-order valence-electron chi connectivity index (χ0n) is 11.2. The highest BCUT2D eigenvalue weighted by molar-refractivity contribution is 5.59. The topological polar surface area (TPSA) is 82.7 Å². The van der Waals surface area contributed by atoms with E-state index < -0.39 is 17.1 Å². The molecule has 3 rings (SSSR count). The molecule has 0 N–H and O–H groups in total. The number of hydrogen-bond acceptors (Lipinski definition) is 5. The maximum absolute atomic E-state index is 13.8. The number of benzene rings is 1. The van der Waals surface area contributed by atoms with E-state index in [1.165, 1.54) is 30.9 Å². The predicted octanol–water partition coefficient (Wildman–Crippen LogP) is 0.180. The molecule has 0 radical (unpaired) electrons. The van der Waals surface area contributed by atoms with E-state index >= 15 is 0 Å². The minimum absolute atomic E-state index is 0.0344. The molecule has 0 fully saturated rings. The average molecular weight is 287 g/mol.